The average Bonchev–Trinajstić information content (AvgIpc) is 2.53. The first-order valence-electron chi connectivity index (χ1n) is 4.96. The molecule has 2 rings (SSSR count). The highest BCUT2D eigenvalue weighted by molar-refractivity contribution is 6.06. The maximum Gasteiger partial charge on any atom is 0.0612 e. The fourth-order valence-electron chi connectivity index (χ4n) is 2.30. The van der Waals surface area contributed by atoms with Crippen molar-refractivity contribution in [3.8, 4) is 0 Å². The van der Waals surface area contributed by atoms with Crippen LogP contribution in [-0.4, -0.2) is 12.3 Å². The summed E-state index contributed by atoms with van der Waals surface area (Å²) >= 11 is 0. The van der Waals surface area contributed by atoms with Crippen molar-refractivity contribution in [2.75, 3.05) is 6.54 Å². The molecule has 0 N–H and O–H groups in total. The number of nitrogens with zero attached hydrogens (tertiary/aromatic N) is 1. The van der Waals surface area contributed by atoms with Crippen molar-refractivity contribution in [2.45, 2.75) is 33.6 Å². The summed E-state index contributed by atoms with van der Waals surface area (Å²) in [5, 5.41) is 0. The first kappa shape index (κ1) is 8.03. The Morgan fingerprint density at radius 1 is 1.42 bits per heavy atom. The lowest BCUT2D eigenvalue weighted by molar-refractivity contribution is 0.708. The molecule has 0 spiro atoms. The fraction of sp³-hybridized carbons (Fsp3) is 0.727. The number of allylic oxidation sites excluding steroid dienone is 1. The predicted molar refractivity (Wildman–Crippen MR) is 52.6 cm³/mol. The molecule has 1 aliphatic carbocycles. The summed E-state index contributed by atoms with van der Waals surface area (Å²) in [5.41, 5.74) is 4.64. The highest BCUT2D eigenvalue weighted by Crippen LogP contribution is 2.36. The molecule has 2 aliphatic rings. The molecule has 0 saturated heterocycles. The summed E-state index contributed by atoms with van der Waals surface area (Å²) in [6.07, 6.45) is 2.61. The van der Waals surface area contributed by atoms with Gasteiger partial charge in [0.1, 0.15) is 0 Å². The summed E-state index contributed by atoms with van der Waals surface area (Å²) in [7, 11) is 0. The van der Waals surface area contributed by atoms with Gasteiger partial charge >= 0.3 is 0 Å². The molecular weight excluding hydrogens is 146 g/mol. The minimum absolute atomic E-state index is 0.701. The van der Waals surface area contributed by atoms with Crippen molar-refractivity contribution in [1.82, 2.24) is 0 Å². The molecular formula is C11H17N. The Bertz CT molecular complexity index is 258. The summed E-state index contributed by atoms with van der Waals surface area (Å²) in [5.74, 6) is 1.43. The SMILES string of the molecule is CC(C)C1=C2CCC(C)C2=NC1. The molecule has 1 saturated carbocycles. The molecule has 0 aromatic carbocycles. The molecule has 1 aliphatic heterocycles. The Balaban J connectivity index is 2.31. The van der Waals surface area contributed by atoms with E-state index in [1.807, 2.05) is 0 Å². The van der Waals surface area contributed by atoms with Gasteiger partial charge in [-0.2, -0.15) is 0 Å². The third-order valence-corrected chi connectivity index (χ3v) is 3.11. The van der Waals surface area contributed by atoms with E-state index in [4.69, 9.17) is 0 Å². The third-order valence-electron chi connectivity index (χ3n) is 3.11. The van der Waals surface area contributed by atoms with E-state index in [9.17, 15) is 0 Å². The third kappa shape index (κ3) is 1.03. The highest BCUT2D eigenvalue weighted by atomic mass is 14.8. The van der Waals surface area contributed by atoms with E-state index in [0.717, 1.165) is 12.5 Å². The number of hydrogen-bond acceptors (Lipinski definition) is 1. The van der Waals surface area contributed by atoms with E-state index < -0.39 is 0 Å². The number of rotatable bonds is 1. The molecule has 66 valence electrons. The maximum atomic E-state index is 4.62. The van der Waals surface area contributed by atoms with Crippen LogP contribution in [0.3, 0.4) is 0 Å². The van der Waals surface area contributed by atoms with Gasteiger partial charge in [0.05, 0.1) is 6.54 Å². The molecule has 1 fully saturated rings. The van der Waals surface area contributed by atoms with E-state index in [1.165, 1.54) is 18.6 Å². The Hall–Kier alpha value is -0.590. The second-order valence-corrected chi connectivity index (χ2v) is 4.30. The van der Waals surface area contributed by atoms with Crippen molar-refractivity contribution < 1.29 is 0 Å². The van der Waals surface area contributed by atoms with Crippen LogP contribution < -0.4 is 0 Å². The molecule has 1 unspecified atom stereocenters. The van der Waals surface area contributed by atoms with Gasteiger partial charge in [0.2, 0.25) is 0 Å². The topological polar surface area (TPSA) is 12.4 Å². The Morgan fingerprint density at radius 2 is 2.17 bits per heavy atom. The molecule has 0 aromatic rings. The minimum atomic E-state index is 0.701. The Morgan fingerprint density at radius 3 is 2.83 bits per heavy atom. The van der Waals surface area contributed by atoms with E-state index >= 15 is 0 Å². The zero-order valence-electron chi connectivity index (χ0n) is 8.22. The average molecular weight is 163 g/mol. The molecule has 0 aromatic heterocycles. The van der Waals surface area contributed by atoms with Crippen LogP contribution in [0.4, 0.5) is 0 Å². The van der Waals surface area contributed by atoms with Crippen LogP contribution >= 0.6 is 0 Å². The lowest BCUT2D eigenvalue weighted by atomic mass is 9.97. The number of fused-ring (bicyclic) bond motifs is 1. The van der Waals surface area contributed by atoms with E-state index in [1.54, 1.807) is 11.1 Å². The molecule has 12 heavy (non-hydrogen) atoms. The van der Waals surface area contributed by atoms with Crippen LogP contribution in [0.15, 0.2) is 16.1 Å². The Kier molecular flexibility index (Phi) is 1.82. The van der Waals surface area contributed by atoms with Crippen molar-refractivity contribution in [2.24, 2.45) is 16.8 Å². The number of hydrogen-bond donors (Lipinski definition) is 0. The Labute approximate surface area is 74.6 Å². The lowest BCUT2D eigenvalue weighted by Crippen LogP contribution is -2.01. The number of aliphatic imine (C=N–C) groups is 1. The molecule has 0 radical (unpaired) electrons. The monoisotopic (exact) mass is 163 g/mol. The predicted octanol–water partition coefficient (Wildman–Crippen LogP) is 2.82. The maximum absolute atomic E-state index is 4.62. The van der Waals surface area contributed by atoms with Crippen LogP contribution in [0.1, 0.15) is 33.6 Å². The van der Waals surface area contributed by atoms with Crippen LogP contribution in [0.5, 0.6) is 0 Å². The normalized spacial score (nSPS) is 28.3. The second-order valence-electron chi connectivity index (χ2n) is 4.30. The minimum Gasteiger partial charge on any atom is -0.285 e. The zero-order valence-corrected chi connectivity index (χ0v) is 8.22. The first-order chi connectivity index (χ1) is 5.70. The van der Waals surface area contributed by atoms with Crippen molar-refractivity contribution in [3.63, 3.8) is 0 Å². The van der Waals surface area contributed by atoms with Gasteiger partial charge < -0.3 is 0 Å². The van der Waals surface area contributed by atoms with Crippen LogP contribution in [0.25, 0.3) is 0 Å². The summed E-state index contributed by atoms with van der Waals surface area (Å²) < 4.78 is 0. The smallest absolute Gasteiger partial charge is 0.0612 e. The van der Waals surface area contributed by atoms with Gasteiger partial charge in [-0.05, 0) is 35.8 Å². The molecule has 1 heterocycles. The largest absolute Gasteiger partial charge is 0.285 e. The van der Waals surface area contributed by atoms with E-state index in [2.05, 4.69) is 25.8 Å². The van der Waals surface area contributed by atoms with Crippen LogP contribution in [0.2, 0.25) is 0 Å². The van der Waals surface area contributed by atoms with E-state index in [-0.39, 0.29) is 0 Å². The van der Waals surface area contributed by atoms with Gasteiger partial charge in [0.15, 0.2) is 0 Å². The summed E-state index contributed by atoms with van der Waals surface area (Å²) in [6.45, 7) is 7.86. The zero-order chi connectivity index (χ0) is 8.72. The van der Waals surface area contributed by atoms with Crippen LogP contribution in [0, 0.1) is 11.8 Å². The van der Waals surface area contributed by atoms with E-state index in [0.29, 0.717) is 5.92 Å². The van der Waals surface area contributed by atoms with Gasteiger partial charge in [-0.15, -0.1) is 0 Å². The van der Waals surface area contributed by atoms with Gasteiger partial charge in [0.25, 0.3) is 0 Å². The van der Waals surface area contributed by atoms with Crippen LogP contribution in [-0.2, 0) is 0 Å². The van der Waals surface area contributed by atoms with Gasteiger partial charge in [-0.25, -0.2) is 0 Å². The quantitative estimate of drug-likeness (QED) is 0.563. The van der Waals surface area contributed by atoms with Crippen molar-refractivity contribution >= 4 is 5.71 Å². The molecule has 1 nitrogen and oxygen atoms in total. The highest BCUT2D eigenvalue weighted by Gasteiger charge is 2.30. The summed E-state index contributed by atoms with van der Waals surface area (Å²) in [4.78, 5) is 4.62. The second kappa shape index (κ2) is 2.72. The van der Waals surface area contributed by atoms with Gasteiger partial charge in [0, 0.05) is 5.71 Å². The first-order valence-corrected chi connectivity index (χ1v) is 4.96. The van der Waals surface area contributed by atoms with Crippen molar-refractivity contribution in [1.29, 1.82) is 0 Å². The van der Waals surface area contributed by atoms with Crippen molar-refractivity contribution in [3.05, 3.63) is 11.1 Å². The molecule has 1 atom stereocenters. The van der Waals surface area contributed by atoms with Gasteiger partial charge in [-0.3, -0.25) is 4.99 Å². The lowest BCUT2D eigenvalue weighted by Gasteiger charge is -2.06. The fourth-order valence-corrected chi connectivity index (χ4v) is 2.30. The standard InChI is InChI=1S/C11H17N/c1-7(2)10-6-12-11-8(3)4-5-9(10)11/h7-8H,4-6H2,1-3H3. The molecule has 0 bridgehead atoms. The summed E-state index contributed by atoms with van der Waals surface area (Å²) in [6, 6.07) is 0. The van der Waals surface area contributed by atoms with Gasteiger partial charge in [-0.1, -0.05) is 20.8 Å². The molecule has 0 amide bonds. The molecule has 1 heteroatoms.